The lowest BCUT2D eigenvalue weighted by Crippen LogP contribution is -2.27. The fourth-order valence-electron chi connectivity index (χ4n) is 3.36. The number of hydrogen-bond donors (Lipinski definition) is 2. The number of carboxylic acids is 1. The number of aliphatic carboxylic acids is 1. The summed E-state index contributed by atoms with van der Waals surface area (Å²) in [7, 11) is 0. The lowest BCUT2D eigenvalue weighted by molar-refractivity contribution is -0.140. The molecule has 0 atom stereocenters. The van der Waals surface area contributed by atoms with Crippen LogP contribution in [-0.4, -0.2) is 32.3 Å². The van der Waals surface area contributed by atoms with Crippen molar-refractivity contribution in [3.05, 3.63) is 97.0 Å². The molecule has 220 valence electrons. The van der Waals surface area contributed by atoms with Gasteiger partial charge in [0.25, 0.3) is 0 Å². The molecule has 1 aromatic heterocycles. The third kappa shape index (κ3) is 9.82. The van der Waals surface area contributed by atoms with Crippen molar-refractivity contribution in [1.82, 2.24) is 9.97 Å². The topological polar surface area (TPSA) is 87.6 Å². The maximum absolute atomic E-state index is 13.7. The minimum absolute atomic E-state index is 0.00306. The molecule has 2 aromatic carbocycles. The Kier molecular flexibility index (Phi) is 11.8. The summed E-state index contributed by atoms with van der Waals surface area (Å²) in [5.74, 6) is -1.35. The van der Waals surface area contributed by atoms with Crippen LogP contribution in [0.1, 0.15) is 38.8 Å². The van der Waals surface area contributed by atoms with Crippen molar-refractivity contribution in [1.29, 1.82) is 0 Å². The highest BCUT2D eigenvalue weighted by atomic mass is 32.2. The highest BCUT2D eigenvalue weighted by Crippen LogP contribution is 2.34. The summed E-state index contributed by atoms with van der Waals surface area (Å²) < 4.78 is 57.3. The summed E-state index contributed by atoms with van der Waals surface area (Å²) in [4.78, 5) is 22.4. The van der Waals surface area contributed by atoms with E-state index >= 15 is 0 Å². The lowest BCUT2D eigenvalue weighted by Gasteiger charge is -2.25. The van der Waals surface area contributed by atoms with E-state index in [4.69, 9.17) is 4.74 Å². The van der Waals surface area contributed by atoms with Crippen LogP contribution in [0.15, 0.2) is 84.9 Å². The molecule has 0 unspecified atom stereocenters. The van der Waals surface area contributed by atoms with Crippen molar-refractivity contribution in [3.63, 3.8) is 0 Å². The summed E-state index contributed by atoms with van der Waals surface area (Å²) in [5, 5.41) is 12.1. The predicted octanol–water partition coefficient (Wildman–Crippen LogP) is 8.04. The van der Waals surface area contributed by atoms with Crippen molar-refractivity contribution >= 4 is 35.1 Å². The van der Waals surface area contributed by atoms with E-state index < -0.39 is 28.3 Å². The van der Waals surface area contributed by atoms with Crippen molar-refractivity contribution in [2.45, 2.75) is 50.1 Å². The Balaban J connectivity index is 0.00000287. The lowest BCUT2D eigenvalue weighted by atomic mass is 10.2. The molecule has 12 heteroatoms. The predicted molar refractivity (Wildman–Crippen MR) is 154 cm³/mol. The van der Waals surface area contributed by atoms with Crippen LogP contribution in [0.2, 0.25) is 0 Å². The Hall–Kier alpha value is -4.06. The van der Waals surface area contributed by atoms with E-state index in [-0.39, 0.29) is 18.1 Å². The Bertz CT molecular complexity index is 1350. The van der Waals surface area contributed by atoms with E-state index in [0.29, 0.717) is 24.2 Å². The van der Waals surface area contributed by atoms with Crippen LogP contribution in [0.3, 0.4) is 0 Å². The molecule has 41 heavy (non-hydrogen) atoms. The first kappa shape index (κ1) is 33.1. The molecule has 0 saturated heterocycles. The van der Waals surface area contributed by atoms with Gasteiger partial charge in [0.15, 0.2) is 0 Å². The summed E-state index contributed by atoms with van der Waals surface area (Å²) in [5.41, 5.74) is -0.535. The molecule has 0 aliphatic carbocycles. The normalized spacial score (nSPS) is 11.1. The smallest absolute Gasteiger partial charge is 0.419 e. The molecule has 3 rings (SSSR count). The number of thioether (sulfide) groups is 1. The number of nitrogens with zero attached hydrogens (tertiary/aromatic N) is 3. The second kappa shape index (κ2) is 14.5. The quantitative estimate of drug-likeness (QED) is 0.124. The Morgan fingerprint density at radius 1 is 1.12 bits per heavy atom. The molecular weight excluding hydrogens is 560 g/mol. The molecule has 0 aliphatic heterocycles. The minimum Gasteiger partial charge on any atom is -0.480 e. The van der Waals surface area contributed by atoms with Gasteiger partial charge in [-0.05, 0) is 49.7 Å². The van der Waals surface area contributed by atoms with E-state index in [1.807, 2.05) is 38.1 Å². The van der Waals surface area contributed by atoms with Crippen LogP contribution < -0.4 is 10.2 Å². The number of hydrogen-bond acceptors (Lipinski definition) is 7. The van der Waals surface area contributed by atoms with E-state index in [1.54, 1.807) is 18.7 Å². The van der Waals surface area contributed by atoms with Crippen molar-refractivity contribution < 1.29 is 32.2 Å². The number of halogens is 4. The van der Waals surface area contributed by atoms with Crippen LogP contribution in [0.5, 0.6) is 0 Å². The van der Waals surface area contributed by atoms with Gasteiger partial charge in [0.2, 0.25) is 0 Å². The van der Waals surface area contributed by atoms with Crippen LogP contribution >= 0.6 is 11.8 Å². The van der Waals surface area contributed by atoms with Gasteiger partial charge in [-0.2, -0.15) is 13.2 Å². The molecule has 1 heterocycles. The molecule has 3 aromatic rings. The summed E-state index contributed by atoms with van der Waals surface area (Å²) in [6, 6.07) is 11.4. The van der Waals surface area contributed by atoms with Gasteiger partial charge < -0.3 is 20.1 Å². The van der Waals surface area contributed by atoms with Crippen molar-refractivity contribution in [3.8, 4) is 0 Å². The first-order valence-corrected chi connectivity index (χ1v) is 13.3. The number of carbonyl (C=O) groups is 1. The highest BCUT2D eigenvalue weighted by molar-refractivity contribution is 8.01. The molecular formula is C29H32F4N4O3S. The average molecular weight is 593 g/mol. The number of rotatable bonds is 12. The van der Waals surface area contributed by atoms with Gasteiger partial charge in [-0.25, -0.2) is 14.4 Å². The standard InChI is InChI=1S/C27H26F4N4O3S.C2H6/c1-5-38-17(2)14-35(15-18-6-9-20(10-7-18)39-26(3,4)25(36)37)24-13-23(32-16-33-24)34-19-8-11-22(28)21(12-19)27(29,30)31;1-2/h5-13,16H,1-2,14-15H2,3-4H3,(H,36,37)(H,32,33,34);1-2H3. The number of alkyl halides is 3. The Morgan fingerprint density at radius 3 is 2.37 bits per heavy atom. The SMILES string of the molecule is C=COC(=C)CN(Cc1ccc(SC(C)(C)C(=O)O)cc1)c1cc(Nc2ccc(F)c(C(F)(F)F)c2)ncn1.CC. The molecule has 0 aliphatic rings. The van der Waals surface area contributed by atoms with Crippen molar-refractivity contribution in [2.24, 2.45) is 0 Å². The first-order valence-electron chi connectivity index (χ1n) is 12.5. The van der Waals surface area contributed by atoms with Gasteiger partial charge in [0, 0.05) is 23.2 Å². The number of benzene rings is 2. The molecule has 0 radical (unpaired) electrons. The zero-order valence-electron chi connectivity index (χ0n) is 23.1. The number of carboxylic acid groups (broad SMARTS) is 1. The van der Waals surface area contributed by atoms with Gasteiger partial charge in [0.1, 0.15) is 34.3 Å². The van der Waals surface area contributed by atoms with Gasteiger partial charge >= 0.3 is 12.1 Å². The number of nitrogens with one attached hydrogen (secondary N) is 1. The van der Waals surface area contributed by atoms with E-state index in [1.165, 1.54) is 36.5 Å². The number of aromatic nitrogens is 2. The maximum atomic E-state index is 13.7. The Labute approximate surface area is 241 Å². The summed E-state index contributed by atoms with van der Waals surface area (Å²) in [6.45, 7) is 15.1. The average Bonchev–Trinajstić information content (AvgIpc) is 2.91. The first-order chi connectivity index (χ1) is 19.3. The second-order valence-electron chi connectivity index (χ2n) is 8.82. The third-order valence-corrected chi connectivity index (χ3v) is 6.52. The Morgan fingerprint density at radius 2 is 1.78 bits per heavy atom. The van der Waals surface area contributed by atoms with Gasteiger partial charge in [-0.3, -0.25) is 4.79 Å². The number of anilines is 3. The molecule has 0 spiro atoms. The van der Waals surface area contributed by atoms with E-state index in [0.717, 1.165) is 16.5 Å². The summed E-state index contributed by atoms with van der Waals surface area (Å²) in [6.07, 6.45) is -2.38. The molecule has 0 fully saturated rings. The van der Waals surface area contributed by atoms with Gasteiger partial charge in [-0.1, -0.05) is 39.1 Å². The molecule has 7 nitrogen and oxygen atoms in total. The van der Waals surface area contributed by atoms with Crippen LogP contribution in [-0.2, 0) is 22.3 Å². The van der Waals surface area contributed by atoms with E-state index in [2.05, 4.69) is 28.4 Å². The molecule has 2 N–H and O–H groups in total. The summed E-state index contributed by atoms with van der Waals surface area (Å²) >= 11 is 1.22. The second-order valence-corrected chi connectivity index (χ2v) is 10.5. The van der Waals surface area contributed by atoms with E-state index in [9.17, 15) is 27.5 Å². The largest absolute Gasteiger partial charge is 0.480 e. The number of ether oxygens (including phenoxy) is 1. The molecule has 0 bridgehead atoms. The zero-order valence-corrected chi connectivity index (χ0v) is 23.9. The van der Waals surface area contributed by atoms with Crippen LogP contribution in [0.25, 0.3) is 0 Å². The van der Waals surface area contributed by atoms with Gasteiger partial charge in [-0.15, -0.1) is 11.8 Å². The third-order valence-electron chi connectivity index (χ3n) is 5.32. The molecule has 0 amide bonds. The highest BCUT2D eigenvalue weighted by Gasteiger charge is 2.34. The maximum Gasteiger partial charge on any atom is 0.419 e. The van der Waals surface area contributed by atoms with Crippen molar-refractivity contribution in [2.75, 3.05) is 16.8 Å². The van der Waals surface area contributed by atoms with Crippen LogP contribution in [0, 0.1) is 5.82 Å². The zero-order chi connectivity index (χ0) is 30.8. The van der Waals surface area contributed by atoms with Gasteiger partial charge in [0.05, 0.1) is 18.4 Å². The minimum atomic E-state index is -4.85. The monoisotopic (exact) mass is 592 g/mol. The van der Waals surface area contributed by atoms with Crippen LogP contribution in [0.4, 0.5) is 34.9 Å². The molecule has 0 saturated carbocycles. The fraction of sp³-hybridized carbons (Fsp3) is 0.276. The fourth-order valence-corrected chi connectivity index (χ4v) is 4.31.